The number of carbonyl (C=O) groups excluding carboxylic acids is 1. The van der Waals surface area contributed by atoms with Gasteiger partial charge in [0.1, 0.15) is 12.4 Å². The number of nitrogens with zero attached hydrogens (tertiary/aromatic N) is 6. The second kappa shape index (κ2) is 7.52. The van der Waals surface area contributed by atoms with Crippen molar-refractivity contribution in [2.75, 3.05) is 31.1 Å². The van der Waals surface area contributed by atoms with E-state index < -0.39 is 0 Å². The van der Waals surface area contributed by atoms with E-state index in [2.05, 4.69) is 32.0 Å². The molecule has 0 saturated carbocycles. The summed E-state index contributed by atoms with van der Waals surface area (Å²) in [5.74, 6) is 1.62. The first-order chi connectivity index (χ1) is 11.7. The molecule has 3 heterocycles. The van der Waals surface area contributed by atoms with Crippen LogP contribution in [-0.4, -0.2) is 61.7 Å². The summed E-state index contributed by atoms with van der Waals surface area (Å²) in [4.78, 5) is 25.1. The van der Waals surface area contributed by atoms with Crippen molar-refractivity contribution >= 4 is 24.1 Å². The Morgan fingerprint density at radius 3 is 2.62 bits per heavy atom. The van der Waals surface area contributed by atoms with Crippen LogP contribution in [0.2, 0.25) is 0 Å². The number of anilines is 1. The van der Waals surface area contributed by atoms with Crippen molar-refractivity contribution in [1.82, 2.24) is 29.6 Å². The molecule has 0 aliphatic carbocycles. The highest BCUT2D eigenvalue weighted by Crippen LogP contribution is 2.11. The Labute approximate surface area is 145 Å². The number of aromatic amines is 1. The zero-order valence-electron chi connectivity index (χ0n) is 13.7. The van der Waals surface area contributed by atoms with Crippen LogP contribution in [-0.2, 0) is 17.8 Å². The van der Waals surface area contributed by atoms with Crippen molar-refractivity contribution in [3.63, 3.8) is 0 Å². The third kappa shape index (κ3) is 3.61. The normalized spacial score (nSPS) is 14.9. The molecule has 9 heteroatoms. The summed E-state index contributed by atoms with van der Waals surface area (Å²) in [5.41, 5.74) is 0. The first kappa shape index (κ1) is 16.6. The van der Waals surface area contributed by atoms with Gasteiger partial charge in [0.15, 0.2) is 4.77 Å². The van der Waals surface area contributed by atoms with Crippen molar-refractivity contribution in [3.05, 3.63) is 29.1 Å². The summed E-state index contributed by atoms with van der Waals surface area (Å²) >= 11 is 5.24. The average Bonchev–Trinajstić information content (AvgIpc) is 2.96. The second-order valence-corrected chi connectivity index (χ2v) is 6.08. The molecule has 1 aliphatic heterocycles. The van der Waals surface area contributed by atoms with Gasteiger partial charge in [-0.1, -0.05) is 6.92 Å². The fourth-order valence-corrected chi connectivity index (χ4v) is 2.99. The highest BCUT2D eigenvalue weighted by Gasteiger charge is 2.23. The van der Waals surface area contributed by atoms with E-state index in [1.54, 1.807) is 23.0 Å². The van der Waals surface area contributed by atoms with E-state index in [-0.39, 0.29) is 12.5 Å². The molecular formula is C15H21N7OS. The fraction of sp³-hybridized carbons (Fsp3) is 0.533. The van der Waals surface area contributed by atoms with Gasteiger partial charge in [-0.3, -0.25) is 14.5 Å². The molecule has 1 N–H and O–H groups in total. The summed E-state index contributed by atoms with van der Waals surface area (Å²) in [5, 5.41) is 6.98. The Morgan fingerprint density at radius 2 is 1.96 bits per heavy atom. The SMILES string of the molecule is CCCc1n[nH]c(=S)n1CC(=O)N1CCN(c2ncccn2)CC1. The second-order valence-electron chi connectivity index (χ2n) is 5.70. The molecule has 1 aliphatic rings. The molecule has 128 valence electrons. The van der Waals surface area contributed by atoms with Crippen LogP contribution in [0.1, 0.15) is 19.2 Å². The molecule has 2 aromatic heterocycles. The zero-order valence-corrected chi connectivity index (χ0v) is 14.5. The first-order valence-corrected chi connectivity index (χ1v) is 8.53. The molecular weight excluding hydrogens is 326 g/mol. The van der Waals surface area contributed by atoms with Crippen LogP contribution in [0, 0.1) is 4.77 Å². The molecule has 1 saturated heterocycles. The lowest BCUT2D eigenvalue weighted by molar-refractivity contribution is -0.132. The van der Waals surface area contributed by atoms with Crippen molar-refractivity contribution in [1.29, 1.82) is 0 Å². The van der Waals surface area contributed by atoms with Crippen molar-refractivity contribution < 1.29 is 4.79 Å². The van der Waals surface area contributed by atoms with Crippen LogP contribution >= 0.6 is 12.2 Å². The molecule has 0 radical (unpaired) electrons. The molecule has 0 aromatic carbocycles. The van der Waals surface area contributed by atoms with Crippen LogP contribution in [0.15, 0.2) is 18.5 Å². The van der Waals surface area contributed by atoms with E-state index in [0.717, 1.165) is 31.8 Å². The number of rotatable bonds is 5. The maximum absolute atomic E-state index is 12.6. The predicted molar refractivity (Wildman–Crippen MR) is 92.2 cm³/mol. The van der Waals surface area contributed by atoms with Gasteiger partial charge in [0, 0.05) is 45.0 Å². The Morgan fingerprint density at radius 1 is 1.25 bits per heavy atom. The number of piperazine rings is 1. The molecule has 8 nitrogen and oxygen atoms in total. The van der Waals surface area contributed by atoms with Gasteiger partial charge in [0.05, 0.1) is 0 Å². The lowest BCUT2D eigenvalue weighted by Gasteiger charge is -2.34. The van der Waals surface area contributed by atoms with Crippen LogP contribution < -0.4 is 4.90 Å². The summed E-state index contributed by atoms with van der Waals surface area (Å²) in [7, 11) is 0. The minimum Gasteiger partial charge on any atom is -0.338 e. The van der Waals surface area contributed by atoms with Crippen LogP contribution in [0.3, 0.4) is 0 Å². The Kier molecular flexibility index (Phi) is 5.19. The number of aryl methyl sites for hydroxylation is 1. The lowest BCUT2D eigenvalue weighted by Crippen LogP contribution is -2.50. The molecule has 2 aromatic rings. The largest absolute Gasteiger partial charge is 0.338 e. The van der Waals surface area contributed by atoms with Crippen LogP contribution in [0.4, 0.5) is 5.95 Å². The van der Waals surface area contributed by atoms with E-state index in [0.29, 0.717) is 23.8 Å². The van der Waals surface area contributed by atoms with Crippen molar-refractivity contribution in [3.8, 4) is 0 Å². The molecule has 3 rings (SSSR count). The highest BCUT2D eigenvalue weighted by molar-refractivity contribution is 7.71. The molecule has 1 amide bonds. The van der Waals surface area contributed by atoms with Gasteiger partial charge < -0.3 is 9.80 Å². The number of hydrogen-bond donors (Lipinski definition) is 1. The number of nitrogens with one attached hydrogen (secondary N) is 1. The molecule has 1 fully saturated rings. The van der Waals surface area contributed by atoms with Gasteiger partial charge in [-0.25, -0.2) is 9.97 Å². The number of H-pyrrole nitrogens is 1. The summed E-state index contributed by atoms with van der Waals surface area (Å²) in [6, 6.07) is 1.80. The summed E-state index contributed by atoms with van der Waals surface area (Å²) < 4.78 is 2.30. The van der Waals surface area contributed by atoms with Gasteiger partial charge in [-0.2, -0.15) is 5.10 Å². The number of amides is 1. The van der Waals surface area contributed by atoms with Gasteiger partial charge in [0.25, 0.3) is 0 Å². The molecule has 0 atom stereocenters. The monoisotopic (exact) mass is 347 g/mol. The standard InChI is InChI=1S/C15H21N7OS/c1-2-4-12-18-19-15(24)22(12)11-13(23)20-7-9-21(10-8-20)14-16-5-3-6-17-14/h3,5-6H,2,4,7-11H2,1H3,(H,19,24). The molecule has 0 unspecified atom stereocenters. The third-order valence-electron chi connectivity index (χ3n) is 4.07. The number of hydrogen-bond acceptors (Lipinski definition) is 6. The molecule has 0 spiro atoms. The van der Waals surface area contributed by atoms with E-state index in [9.17, 15) is 4.79 Å². The quantitative estimate of drug-likeness (QED) is 0.814. The van der Waals surface area contributed by atoms with Gasteiger partial charge in [-0.15, -0.1) is 0 Å². The topological polar surface area (TPSA) is 82.9 Å². The minimum atomic E-state index is 0.0680. The Balaban J connectivity index is 1.60. The molecule has 0 bridgehead atoms. The average molecular weight is 347 g/mol. The van der Waals surface area contributed by atoms with E-state index in [4.69, 9.17) is 12.2 Å². The number of carbonyl (C=O) groups is 1. The van der Waals surface area contributed by atoms with Crippen molar-refractivity contribution in [2.24, 2.45) is 0 Å². The maximum Gasteiger partial charge on any atom is 0.242 e. The summed E-state index contributed by atoms with van der Waals surface area (Å²) in [6.45, 7) is 5.10. The fourth-order valence-electron chi connectivity index (χ4n) is 2.77. The predicted octanol–water partition coefficient (Wildman–Crippen LogP) is 1.03. The smallest absolute Gasteiger partial charge is 0.242 e. The van der Waals surface area contributed by atoms with Gasteiger partial charge in [-0.05, 0) is 24.7 Å². The first-order valence-electron chi connectivity index (χ1n) is 8.13. The van der Waals surface area contributed by atoms with Crippen LogP contribution in [0.5, 0.6) is 0 Å². The van der Waals surface area contributed by atoms with Gasteiger partial charge in [0.2, 0.25) is 11.9 Å². The molecule has 24 heavy (non-hydrogen) atoms. The Hall–Kier alpha value is -2.29. The van der Waals surface area contributed by atoms with Crippen molar-refractivity contribution in [2.45, 2.75) is 26.3 Å². The Bertz CT molecular complexity index is 734. The lowest BCUT2D eigenvalue weighted by atomic mass is 10.3. The highest BCUT2D eigenvalue weighted by atomic mass is 32.1. The number of aromatic nitrogens is 5. The van der Waals surface area contributed by atoms with E-state index in [1.807, 2.05) is 4.90 Å². The minimum absolute atomic E-state index is 0.0680. The summed E-state index contributed by atoms with van der Waals surface area (Å²) in [6.07, 6.45) is 5.23. The third-order valence-corrected chi connectivity index (χ3v) is 4.38. The maximum atomic E-state index is 12.6. The van der Waals surface area contributed by atoms with Crippen LogP contribution in [0.25, 0.3) is 0 Å². The van der Waals surface area contributed by atoms with Gasteiger partial charge >= 0.3 is 0 Å². The van der Waals surface area contributed by atoms with E-state index >= 15 is 0 Å². The van der Waals surface area contributed by atoms with E-state index in [1.165, 1.54) is 0 Å². The zero-order chi connectivity index (χ0) is 16.9.